The Morgan fingerprint density at radius 3 is 2.27 bits per heavy atom. The normalized spacial score (nSPS) is 18.1. The topological polar surface area (TPSA) is 37.4 Å². The van der Waals surface area contributed by atoms with Crippen LogP contribution in [0.25, 0.3) is 0 Å². The first-order valence-electron chi connectivity index (χ1n) is 3.65. The Morgan fingerprint density at radius 2 is 1.82 bits per heavy atom. The molecule has 0 aromatic rings. The van der Waals surface area contributed by atoms with Crippen LogP contribution < -0.4 is 0 Å². The maximum Gasteiger partial charge on any atom is 0.229 e. The number of likely N-dealkylation sites (tertiary alicyclic amines) is 1. The van der Waals surface area contributed by atoms with Crippen molar-refractivity contribution in [2.45, 2.75) is 19.3 Å². The predicted octanol–water partition coefficient (Wildman–Crippen LogP) is 0.961. The molecule has 0 radical (unpaired) electrons. The highest BCUT2D eigenvalue weighted by Gasteiger charge is 2.27. The van der Waals surface area contributed by atoms with Crippen molar-refractivity contribution in [3.8, 4) is 0 Å². The number of amides is 2. The average Bonchev–Trinajstić information content (AvgIpc) is 2.29. The summed E-state index contributed by atoms with van der Waals surface area (Å²) < 4.78 is 0.995. The summed E-state index contributed by atoms with van der Waals surface area (Å²) in [6.45, 7) is 0.612. The Balaban J connectivity index is 2.41. The number of rotatable bonds is 3. The van der Waals surface area contributed by atoms with Crippen LogP contribution >= 0.6 is 22.6 Å². The summed E-state index contributed by atoms with van der Waals surface area (Å²) in [5.41, 5.74) is 0. The molecule has 1 aliphatic rings. The molecule has 0 spiro atoms. The minimum atomic E-state index is -0.000139. The van der Waals surface area contributed by atoms with Gasteiger partial charge in [0.1, 0.15) is 0 Å². The molecule has 11 heavy (non-hydrogen) atoms. The monoisotopic (exact) mass is 267 g/mol. The maximum absolute atomic E-state index is 11.0. The summed E-state index contributed by atoms with van der Waals surface area (Å²) in [6, 6.07) is 0. The number of halogens is 1. The van der Waals surface area contributed by atoms with Crippen molar-refractivity contribution in [2.75, 3.05) is 11.0 Å². The van der Waals surface area contributed by atoms with Crippen molar-refractivity contribution in [1.29, 1.82) is 0 Å². The van der Waals surface area contributed by atoms with Crippen molar-refractivity contribution >= 4 is 34.4 Å². The Labute approximate surface area is 79.3 Å². The molecule has 3 nitrogen and oxygen atoms in total. The van der Waals surface area contributed by atoms with Gasteiger partial charge in [0.25, 0.3) is 0 Å². The van der Waals surface area contributed by atoms with E-state index in [-0.39, 0.29) is 11.8 Å². The number of alkyl halides is 1. The smallest absolute Gasteiger partial charge is 0.229 e. The first-order chi connectivity index (χ1) is 5.25. The van der Waals surface area contributed by atoms with E-state index in [1.54, 1.807) is 0 Å². The molecule has 1 aliphatic heterocycles. The van der Waals surface area contributed by atoms with Gasteiger partial charge in [0.15, 0.2) is 0 Å². The van der Waals surface area contributed by atoms with Gasteiger partial charge in [0.2, 0.25) is 11.8 Å². The lowest BCUT2D eigenvalue weighted by Gasteiger charge is -2.11. The fraction of sp³-hybridized carbons (Fsp3) is 0.714. The predicted molar refractivity (Wildman–Crippen MR) is 49.5 cm³/mol. The number of imide groups is 1. The number of hydrogen-bond donors (Lipinski definition) is 0. The number of nitrogens with zero attached hydrogens (tertiary/aromatic N) is 1. The van der Waals surface area contributed by atoms with Gasteiger partial charge in [-0.2, -0.15) is 0 Å². The zero-order chi connectivity index (χ0) is 8.27. The Bertz CT molecular complexity index is 165. The molecular formula is C7H10INO2. The van der Waals surface area contributed by atoms with Gasteiger partial charge in [-0.25, -0.2) is 0 Å². The second-order valence-electron chi connectivity index (χ2n) is 2.48. The second-order valence-corrected chi connectivity index (χ2v) is 3.56. The summed E-state index contributed by atoms with van der Waals surface area (Å²) >= 11 is 2.24. The van der Waals surface area contributed by atoms with Gasteiger partial charge >= 0.3 is 0 Å². The first kappa shape index (κ1) is 8.96. The molecule has 0 unspecified atom stereocenters. The molecule has 0 aromatic heterocycles. The van der Waals surface area contributed by atoms with Crippen LogP contribution in [0.3, 0.4) is 0 Å². The highest BCUT2D eigenvalue weighted by Crippen LogP contribution is 2.11. The van der Waals surface area contributed by atoms with Gasteiger partial charge in [0, 0.05) is 23.8 Å². The van der Waals surface area contributed by atoms with E-state index in [4.69, 9.17) is 0 Å². The third kappa shape index (κ3) is 2.15. The van der Waals surface area contributed by atoms with Crippen molar-refractivity contribution in [1.82, 2.24) is 4.90 Å². The molecule has 1 saturated heterocycles. The minimum absolute atomic E-state index is 0.000139. The Morgan fingerprint density at radius 1 is 1.27 bits per heavy atom. The van der Waals surface area contributed by atoms with E-state index in [2.05, 4.69) is 22.6 Å². The third-order valence-corrected chi connectivity index (χ3v) is 2.43. The summed E-state index contributed by atoms with van der Waals surface area (Å²) in [5, 5.41) is 0. The van der Waals surface area contributed by atoms with Crippen LogP contribution in [0.1, 0.15) is 19.3 Å². The van der Waals surface area contributed by atoms with Crippen LogP contribution in [0.5, 0.6) is 0 Å². The van der Waals surface area contributed by atoms with E-state index in [1.807, 2.05) is 0 Å². The van der Waals surface area contributed by atoms with Gasteiger partial charge in [-0.3, -0.25) is 14.5 Å². The molecule has 0 N–H and O–H groups in total. The Hall–Kier alpha value is -0.130. The van der Waals surface area contributed by atoms with Crippen molar-refractivity contribution in [3.05, 3.63) is 0 Å². The molecule has 62 valence electrons. The molecule has 2 amide bonds. The molecule has 4 heteroatoms. The SMILES string of the molecule is O=C1CCC(=O)N1CCCI. The third-order valence-electron chi connectivity index (χ3n) is 1.67. The summed E-state index contributed by atoms with van der Waals surface area (Å²) in [6.07, 6.45) is 1.75. The van der Waals surface area contributed by atoms with Crippen LogP contribution in [-0.2, 0) is 9.59 Å². The van der Waals surface area contributed by atoms with Crippen LogP contribution in [-0.4, -0.2) is 27.7 Å². The molecule has 0 bridgehead atoms. The number of carbonyl (C=O) groups is 2. The average molecular weight is 267 g/mol. The van der Waals surface area contributed by atoms with Gasteiger partial charge in [-0.05, 0) is 6.42 Å². The van der Waals surface area contributed by atoms with Gasteiger partial charge < -0.3 is 0 Å². The zero-order valence-corrected chi connectivity index (χ0v) is 8.33. The second kappa shape index (κ2) is 4.04. The highest BCUT2D eigenvalue weighted by atomic mass is 127. The van der Waals surface area contributed by atoms with Crippen LogP contribution in [0.4, 0.5) is 0 Å². The molecule has 1 heterocycles. The largest absolute Gasteiger partial charge is 0.283 e. The van der Waals surface area contributed by atoms with E-state index in [0.29, 0.717) is 19.4 Å². The highest BCUT2D eigenvalue weighted by molar-refractivity contribution is 14.1. The molecule has 1 rings (SSSR count). The van der Waals surface area contributed by atoms with E-state index < -0.39 is 0 Å². The summed E-state index contributed by atoms with van der Waals surface area (Å²) in [5.74, 6) is -0.000278. The number of carbonyl (C=O) groups excluding carboxylic acids is 2. The molecule has 0 aromatic carbocycles. The van der Waals surface area contributed by atoms with Crippen LogP contribution in [0.15, 0.2) is 0 Å². The number of hydrogen-bond acceptors (Lipinski definition) is 2. The summed E-state index contributed by atoms with van der Waals surface area (Å²) in [7, 11) is 0. The fourth-order valence-corrected chi connectivity index (χ4v) is 1.43. The Kier molecular flexibility index (Phi) is 3.29. The quantitative estimate of drug-likeness (QED) is 0.434. The van der Waals surface area contributed by atoms with Gasteiger partial charge in [0.05, 0.1) is 0 Å². The van der Waals surface area contributed by atoms with Gasteiger partial charge in [-0.1, -0.05) is 22.6 Å². The standard InChI is InChI=1S/C7H10INO2/c8-4-1-5-9-6(10)2-3-7(9)11/h1-5H2. The lowest BCUT2D eigenvalue weighted by Crippen LogP contribution is -2.30. The molecular weight excluding hydrogens is 257 g/mol. The van der Waals surface area contributed by atoms with Gasteiger partial charge in [-0.15, -0.1) is 0 Å². The lowest BCUT2D eigenvalue weighted by molar-refractivity contribution is -0.138. The lowest BCUT2D eigenvalue weighted by atomic mass is 10.4. The molecule has 0 aliphatic carbocycles. The van der Waals surface area contributed by atoms with Crippen LogP contribution in [0.2, 0.25) is 0 Å². The molecule has 1 fully saturated rings. The summed E-state index contributed by atoms with van der Waals surface area (Å²) in [4.78, 5) is 23.4. The van der Waals surface area contributed by atoms with E-state index in [1.165, 1.54) is 4.90 Å². The first-order valence-corrected chi connectivity index (χ1v) is 5.17. The molecule has 0 atom stereocenters. The van der Waals surface area contributed by atoms with Crippen molar-refractivity contribution in [2.24, 2.45) is 0 Å². The van der Waals surface area contributed by atoms with Crippen molar-refractivity contribution < 1.29 is 9.59 Å². The molecule has 0 saturated carbocycles. The minimum Gasteiger partial charge on any atom is -0.283 e. The van der Waals surface area contributed by atoms with Crippen molar-refractivity contribution in [3.63, 3.8) is 0 Å². The van der Waals surface area contributed by atoms with Crippen LogP contribution in [0, 0.1) is 0 Å². The maximum atomic E-state index is 11.0. The fourth-order valence-electron chi connectivity index (χ4n) is 1.09. The van der Waals surface area contributed by atoms with E-state index in [0.717, 1.165) is 10.8 Å². The zero-order valence-electron chi connectivity index (χ0n) is 6.18. The van der Waals surface area contributed by atoms with E-state index in [9.17, 15) is 9.59 Å². The van der Waals surface area contributed by atoms with E-state index >= 15 is 0 Å².